The van der Waals surface area contributed by atoms with E-state index in [2.05, 4.69) is 17.6 Å². The summed E-state index contributed by atoms with van der Waals surface area (Å²) in [5, 5.41) is 6.36. The Morgan fingerprint density at radius 1 is 1.47 bits per heavy atom. The SMILES string of the molecule is COc1ccc(NC(=O)C2CCNC(C)C2)cc1C. The number of methoxy groups -OCH3 is 1. The van der Waals surface area contributed by atoms with Crippen LogP contribution in [-0.2, 0) is 4.79 Å². The number of carbonyl (C=O) groups excluding carboxylic acids is 1. The van der Waals surface area contributed by atoms with E-state index in [-0.39, 0.29) is 11.8 Å². The Morgan fingerprint density at radius 2 is 2.26 bits per heavy atom. The molecule has 2 rings (SSSR count). The van der Waals surface area contributed by atoms with Gasteiger partial charge in [0.2, 0.25) is 5.91 Å². The molecule has 19 heavy (non-hydrogen) atoms. The summed E-state index contributed by atoms with van der Waals surface area (Å²) >= 11 is 0. The number of aryl methyl sites for hydroxylation is 1. The van der Waals surface area contributed by atoms with E-state index in [1.54, 1.807) is 7.11 Å². The molecule has 1 amide bonds. The summed E-state index contributed by atoms with van der Waals surface area (Å²) in [7, 11) is 1.65. The molecule has 4 heteroatoms. The van der Waals surface area contributed by atoms with Crippen LogP contribution in [0.5, 0.6) is 5.75 Å². The first-order valence-corrected chi connectivity index (χ1v) is 6.79. The Balaban J connectivity index is 2.00. The highest BCUT2D eigenvalue weighted by Gasteiger charge is 2.24. The van der Waals surface area contributed by atoms with Crippen molar-refractivity contribution >= 4 is 11.6 Å². The first-order valence-electron chi connectivity index (χ1n) is 6.79. The van der Waals surface area contributed by atoms with Crippen LogP contribution in [0.4, 0.5) is 5.69 Å². The van der Waals surface area contributed by atoms with Crippen LogP contribution < -0.4 is 15.4 Å². The van der Waals surface area contributed by atoms with E-state index in [0.29, 0.717) is 6.04 Å². The van der Waals surface area contributed by atoms with Gasteiger partial charge < -0.3 is 15.4 Å². The van der Waals surface area contributed by atoms with Gasteiger partial charge in [-0.1, -0.05) is 0 Å². The van der Waals surface area contributed by atoms with Gasteiger partial charge in [-0.05, 0) is 57.0 Å². The lowest BCUT2D eigenvalue weighted by molar-refractivity contribution is -0.120. The number of anilines is 1. The van der Waals surface area contributed by atoms with Crippen LogP contribution >= 0.6 is 0 Å². The van der Waals surface area contributed by atoms with Crippen LogP contribution in [0.1, 0.15) is 25.3 Å². The highest BCUT2D eigenvalue weighted by Crippen LogP contribution is 2.23. The number of amides is 1. The fourth-order valence-electron chi connectivity index (χ4n) is 2.57. The maximum atomic E-state index is 12.2. The van der Waals surface area contributed by atoms with E-state index in [1.807, 2.05) is 25.1 Å². The minimum atomic E-state index is 0.110. The number of hydrogen-bond acceptors (Lipinski definition) is 3. The number of benzene rings is 1. The topological polar surface area (TPSA) is 50.4 Å². The Bertz CT molecular complexity index is 459. The van der Waals surface area contributed by atoms with Gasteiger partial charge in [0.15, 0.2) is 0 Å². The number of ether oxygens (including phenoxy) is 1. The lowest BCUT2D eigenvalue weighted by Crippen LogP contribution is -2.40. The number of rotatable bonds is 3. The zero-order chi connectivity index (χ0) is 13.8. The average molecular weight is 262 g/mol. The third-order valence-corrected chi connectivity index (χ3v) is 3.66. The lowest BCUT2D eigenvalue weighted by atomic mass is 9.92. The largest absolute Gasteiger partial charge is 0.496 e. The molecule has 1 saturated heterocycles. The van der Waals surface area contributed by atoms with Crippen molar-refractivity contribution in [2.24, 2.45) is 5.92 Å². The van der Waals surface area contributed by atoms with Gasteiger partial charge in [-0.25, -0.2) is 0 Å². The predicted molar refractivity (Wildman–Crippen MR) is 76.5 cm³/mol. The molecule has 4 nitrogen and oxygen atoms in total. The molecule has 1 aromatic rings. The standard InChI is InChI=1S/C15H22N2O2/c1-10-8-13(4-5-14(10)19-3)17-15(18)12-6-7-16-11(2)9-12/h4-5,8,11-12,16H,6-7,9H2,1-3H3,(H,17,18). The van der Waals surface area contributed by atoms with Crippen molar-refractivity contribution in [3.8, 4) is 5.75 Å². The molecule has 1 aliphatic heterocycles. The molecule has 2 unspecified atom stereocenters. The summed E-state index contributed by atoms with van der Waals surface area (Å²) in [5.74, 6) is 1.07. The molecule has 1 heterocycles. The van der Waals surface area contributed by atoms with Gasteiger partial charge in [0, 0.05) is 17.6 Å². The fourth-order valence-corrected chi connectivity index (χ4v) is 2.57. The molecular formula is C15H22N2O2. The second-order valence-corrected chi connectivity index (χ2v) is 5.25. The van der Waals surface area contributed by atoms with Gasteiger partial charge in [0.25, 0.3) is 0 Å². The maximum Gasteiger partial charge on any atom is 0.227 e. The Morgan fingerprint density at radius 3 is 2.89 bits per heavy atom. The molecule has 2 atom stereocenters. The molecular weight excluding hydrogens is 240 g/mol. The van der Waals surface area contributed by atoms with E-state index in [4.69, 9.17) is 4.74 Å². The summed E-state index contributed by atoms with van der Waals surface area (Å²) in [6, 6.07) is 6.13. The third kappa shape index (κ3) is 3.47. The Labute approximate surface area is 114 Å². The van der Waals surface area contributed by atoms with Crippen molar-refractivity contribution in [1.82, 2.24) is 5.32 Å². The van der Waals surface area contributed by atoms with E-state index in [1.165, 1.54) is 0 Å². The normalized spacial score (nSPS) is 22.9. The molecule has 1 aromatic carbocycles. The molecule has 1 fully saturated rings. The fraction of sp³-hybridized carbons (Fsp3) is 0.533. The number of hydrogen-bond donors (Lipinski definition) is 2. The van der Waals surface area contributed by atoms with Crippen molar-refractivity contribution in [2.45, 2.75) is 32.7 Å². The van der Waals surface area contributed by atoms with E-state index < -0.39 is 0 Å². The highest BCUT2D eigenvalue weighted by molar-refractivity contribution is 5.92. The monoisotopic (exact) mass is 262 g/mol. The molecule has 1 aliphatic rings. The van der Waals surface area contributed by atoms with E-state index in [0.717, 1.165) is 36.4 Å². The van der Waals surface area contributed by atoms with Gasteiger partial charge >= 0.3 is 0 Å². The van der Waals surface area contributed by atoms with Crippen molar-refractivity contribution in [3.63, 3.8) is 0 Å². The first-order chi connectivity index (χ1) is 9.10. The maximum absolute atomic E-state index is 12.2. The van der Waals surface area contributed by atoms with Crippen LogP contribution in [0, 0.1) is 12.8 Å². The van der Waals surface area contributed by atoms with Gasteiger partial charge in [-0.15, -0.1) is 0 Å². The van der Waals surface area contributed by atoms with Crippen LogP contribution in [-0.4, -0.2) is 25.6 Å². The molecule has 0 spiro atoms. The number of nitrogens with one attached hydrogen (secondary N) is 2. The molecule has 0 bridgehead atoms. The average Bonchev–Trinajstić information content (AvgIpc) is 2.39. The predicted octanol–water partition coefficient (Wildman–Crippen LogP) is 2.33. The van der Waals surface area contributed by atoms with Gasteiger partial charge in [-0.3, -0.25) is 4.79 Å². The zero-order valence-electron chi connectivity index (χ0n) is 11.8. The minimum absolute atomic E-state index is 0.110. The Kier molecular flexibility index (Phi) is 4.43. The first kappa shape index (κ1) is 13.9. The van der Waals surface area contributed by atoms with Gasteiger partial charge in [-0.2, -0.15) is 0 Å². The van der Waals surface area contributed by atoms with Gasteiger partial charge in [0.1, 0.15) is 5.75 Å². The van der Waals surface area contributed by atoms with Crippen LogP contribution in [0.25, 0.3) is 0 Å². The second kappa shape index (κ2) is 6.06. The molecule has 0 saturated carbocycles. The number of carbonyl (C=O) groups is 1. The van der Waals surface area contributed by atoms with Crippen LogP contribution in [0.15, 0.2) is 18.2 Å². The van der Waals surface area contributed by atoms with Crippen LogP contribution in [0.3, 0.4) is 0 Å². The third-order valence-electron chi connectivity index (χ3n) is 3.66. The van der Waals surface area contributed by atoms with Gasteiger partial charge in [0.05, 0.1) is 7.11 Å². The summed E-state index contributed by atoms with van der Waals surface area (Å²) in [6.07, 6.45) is 1.81. The van der Waals surface area contributed by atoms with Crippen molar-refractivity contribution < 1.29 is 9.53 Å². The molecule has 0 radical (unpaired) electrons. The Hall–Kier alpha value is -1.55. The van der Waals surface area contributed by atoms with Crippen molar-refractivity contribution in [3.05, 3.63) is 23.8 Å². The molecule has 2 N–H and O–H groups in total. The molecule has 0 aromatic heterocycles. The zero-order valence-corrected chi connectivity index (χ0v) is 11.8. The smallest absolute Gasteiger partial charge is 0.227 e. The highest BCUT2D eigenvalue weighted by atomic mass is 16.5. The van der Waals surface area contributed by atoms with Crippen molar-refractivity contribution in [1.29, 1.82) is 0 Å². The summed E-state index contributed by atoms with van der Waals surface area (Å²) in [6.45, 7) is 5.01. The second-order valence-electron chi connectivity index (χ2n) is 5.25. The summed E-state index contributed by atoms with van der Waals surface area (Å²) < 4.78 is 5.21. The van der Waals surface area contributed by atoms with E-state index in [9.17, 15) is 4.79 Å². The van der Waals surface area contributed by atoms with E-state index >= 15 is 0 Å². The summed E-state index contributed by atoms with van der Waals surface area (Å²) in [4.78, 5) is 12.2. The summed E-state index contributed by atoms with van der Waals surface area (Å²) in [5.41, 5.74) is 1.87. The molecule has 0 aliphatic carbocycles. The minimum Gasteiger partial charge on any atom is -0.496 e. The molecule has 104 valence electrons. The van der Waals surface area contributed by atoms with Crippen molar-refractivity contribution in [2.75, 3.05) is 19.0 Å². The van der Waals surface area contributed by atoms with Crippen LogP contribution in [0.2, 0.25) is 0 Å². The lowest BCUT2D eigenvalue weighted by Gasteiger charge is -2.27. The number of piperidine rings is 1. The quantitative estimate of drug-likeness (QED) is 0.879.